The Kier molecular flexibility index (Phi) is 3.35. The summed E-state index contributed by atoms with van der Waals surface area (Å²) in [6, 6.07) is 2.22. The molecule has 0 saturated carbocycles. The van der Waals surface area contributed by atoms with Gasteiger partial charge in [0.2, 0.25) is 0 Å². The fraction of sp³-hybridized carbons (Fsp3) is 0.467. The highest BCUT2D eigenvalue weighted by Crippen LogP contribution is 2.33. The molecule has 18 heavy (non-hydrogen) atoms. The monoisotopic (exact) mass is 247 g/mol. The van der Waals surface area contributed by atoms with Crippen LogP contribution in [0.4, 0.5) is 0 Å². The smallest absolute Gasteiger partial charge is 0.106 e. The fourth-order valence-electron chi connectivity index (χ4n) is 2.63. The van der Waals surface area contributed by atoms with Gasteiger partial charge in [0.15, 0.2) is 0 Å². The van der Waals surface area contributed by atoms with Crippen LogP contribution in [0.3, 0.4) is 0 Å². The molecule has 0 spiro atoms. The average Bonchev–Trinajstić information content (AvgIpc) is 2.74. The lowest BCUT2D eigenvalue weighted by molar-refractivity contribution is 0.489. The first kappa shape index (κ1) is 13.0. The summed E-state index contributed by atoms with van der Waals surface area (Å²) < 4.78 is 11.4. The molecule has 1 N–H and O–H groups in total. The summed E-state index contributed by atoms with van der Waals surface area (Å²) in [5, 5.41) is 3.36. The Morgan fingerprint density at radius 2 is 1.61 bits per heavy atom. The van der Waals surface area contributed by atoms with Crippen molar-refractivity contribution in [3.8, 4) is 0 Å². The van der Waals surface area contributed by atoms with Gasteiger partial charge in [-0.2, -0.15) is 0 Å². The minimum atomic E-state index is 0.125. The third kappa shape index (κ3) is 1.99. The van der Waals surface area contributed by atoms with E-state index in [4.69, 9.17) is 8.83 Å². The number of furan rings is 2. The van der Waals surface area contributed by atoms with Crippen LogP contribution >= 0.6 is 0 Å². The maximum absolute atomic E-state index is 5.73. The normalized spacial score (nSPS) is 13.0. The van der Waals surface area contributed by atoms with Gasteiger partial charge < -0.3 is 14.2 Å². The first-order valence-electron chi connectivity index (χ1n) is 6.26. The third-order valence-corrected chi connectivity index (χ3v) is 3.59. The van der Waals surface area contributed by atoms with Crippen molar-refractivity contribution in [1.82, 2.24) is 5.32 Å². The van der Waals surface area contributed by atoms with E-state index in [2.05, 4.69) is 18.3 Å². The van der Waals surface area contributed by atoms with Crippen molar-refractivity contribution in [2.75, 3.05) is 7.05 Å². The maximum Gasteiger partial charge on any atom is 0.106 e. The Balaban J connectivity index is 2.55. The minimum absolute atomic E-state index is 0.125. The molecule has 2 rings (SSSR count). The zero-order valence-electron chi connectivity index (χ0n) is 12.0. The van der Waals surface area contributed by atoms with Gasteiger partial charge in [0.1, 0.15) is 23.0 Å². The van der Waals surface area contributed by atoms with Crippen LogP contribution in [0.25, 0.3) is 0 Å². The Bertz CT molecular complexity index is 563. The van der Waals surface area contributed by atoms with Gasteiger partial charge in [0, 0.05) is 11.1 Å². The molecule has 0 amide bonds. The topological polar surface area (TPSA) is 38.3 Å². The van der Waals surface area contributed by atoms with E-state index >= 15 is 0 Å². The highest BCUT2D eigenvalue weighted by atomic mass is 16.3. The van der Waals surface area contributed by atoms with Crippen LogP contribution in [-0.4, -0.2) is 7.05 Å². The first-order chi connectivity index (χ1) is 8.45. The van der Waals surface area contributed by atoms with Crippen molar-refractivity contribution in [3.05, 3.63) is 45.8 Å². The van der Waals surface area contributed by atoms with E-state index in [1.54, 1.807) is 0 Å². The average molecular weight is 247 g/mol. The molecule has 0 radical (unpaired) electrons. The van der Waals surface area contributed by atoms with Gasteiger partial charge in [-0.1, -0.05) is 0 Å². The van der Waals surface area contributed by atoms with E-state index in [9.17, 15) is 0 Å². The van der Waals surface area contributed by atoms with Crippen molar-refractivity contribution in [3.63, 3.8) is 0 Å². The third-order valence-electron chi connectivity index (χ3n) is 3.59. The van der Waals surface area contributed by atoms with E-state index < -0.39 is 0 Å². The summed E-state index contributed by atoms with van der Waals surface area (Å²) in [7, 11) is 1.97. The minimum Gasteiger partial charge on any atom is -0.466 e. The van der Waals surface area contributed by atoms with Crippen LogP contribution in [0.2, 0.25) is 0 Å². The predicted molar refractivity (Wildman–Crippen MR) is 72.0 cm³/mol. The van der Waals surface area contributed by atoms with E-state index in [1.807, 2.05) is 34.7 Å². The number of hydrogen-bond donors (Lipinski definition) is 1. The van der Waals surface area contributed by atoms with Crippen LogP contribution in [0, 0.1) is 34.6 Å². The maximum atomic E-state index is 5.73. The Labute approximate surface area is 108 Å². The molecule has 3 nitrogen and oxygen atoms in total. The molecule has 2 aromatic rings. The summed E-state index contributed by atoms with van der Waals surface area (Å²) in [4.78, 5) is 0. The lowest BCUT2D eigenvalue weighted by Gasteiger charge is -2.16. The van der Waals surface area contributed by atoms with Crippen LogP contribution in [0.5, 0.6) is 0 Å². The molecule has 0 aliphatic rings. The highest BCUT2D eigenvalue weighted by molar-refractivity contribution is 5.41. The van der Waals surface area contributed by atoms with Crippen LogP contribution < -0.4 is 5.32 Å². The van der Waals surface area contributed by atoms with Crippen molar-refractivity contribution in [2.24, 2.45) is 0 Å². The molecule has 0 aliphatic heterocycles. The summed E-state index contributed by atoms with van der Waals surface area (Å²) in [5.74, 6) is 3.87. The van der Waals surface area contributed by atoms with E-state index in [-0.39, 0.29) is 6.04 Å². The number of nitrogens with one attached hydrogen (secondary N) is 1. The SMILES string of the molecule is CNC(c1cc(C)oc1C)c1c(C)oc(C)c1C. The summed E-state index contributed by atoms with van der Waals surface area (Å²) in [6.07, 6.45) is 0. The zero-order chi connectivity index (χ0) is 13.4. The first-order valence-corrected chi connectivity index (χ1v) is 6.26. The van der Waals surface area contributed by atoms with Gasteiger partial charge >= 0.3 is 0 Å². The quantitative estimate of drug-likeness (QED) is 0.898. The molecule has 98 valence electrons. The Morgan fingerprint density at radius 1 is 0.944 bits per heavy atom. The standard InChI is InChI=1S/C15H21NO2/c1-8-7-13(11(4)17-8)15(16-6)14-9(2)10(3)18-12(14)5/h7,15-16H,1-6H3. The van der Waals surface area contributed by atoms with E-state index in [0.717, 1.165) is 23.0 Å². The predicted octanol–water partition coefficient (Wildman–Crippen LogP) is 3.72. The molecule has 0 aromatic carbocycles. The molecule has 0 saturated heterocycles. The van der Waals surface area contributed by atoms with Crippen molar-refractivity contribution >= 4 is 0 Å². The van der Waals surface area contributed by atoms with Gasteiger partial charge in [-0.25, -0.2) is 0 Å². The summed E-state index contributed by atoms with van der Waals surface area (Å²) >= 11 is 0. The molecule has 0 fully saturated rings. The van der Waals surface area contributed by atoms with Gasteiger partial charge in [-0.15, -0.1) is 0 Å². The largest absolute Gasteiger partial charge is 0.466 e. The van der Waals surface area contributed by atoms with Crippen molar-refractivity contribution in [2.45, 2.75) is 40.7 Å². The molecule has 1 atom stereocenters. The molecule has 2 aromatic heterocycles. The van der Waals surface area contributed by atoms with Crippen LogP contribution in [0.1, 0.15) is 45.8 Å². The van der Waals surface area contributed by atoms with Crippen LogP contribution in [-0.2, 0) is 0 Å². The van der Waals surface area contributed by atoms with Gasteiger partial charge in [-0.3, -0.25) is 0 Å². The Morgan fingerprint density at radius 3 is 2.00 bits per heavy atom. The molecule has 2 heterocycles. The Hall–Kier alpha value is -1.48. The second kappa shape index (κ2) is 4.65. The zero-order valence-corrected chi connectivity index (χ0v) is 12.0. The summed E-state index contributed by atoms with van der Waals surface area (Å²) in [6.45, 7) is 10.1. The molecule has 3 heteroatoms. The number of hydrogen-bond acceptors (Lipinski definition) is 3. The molecule has 1 unspecified atom stereocenters. The highest BCUT2D eigenvalue weighted by Gasteiger charge is 2.24. The van der Waals surface area contributed by atoms with Crippen molar-refractivity contribution in [1.29, 1.82) is 0 Å². The molecular formula is C15H21NO2. The van der Waals surface area contributed by atoms with Gasteiger partial charge in [0.25, 0.3) is 0 Å². The lowest BCUT2D eigenvalue weighted by atomic mass is 9.96. The van der Waals surface area contributed by atoms with Crippen molar-refractivity contribution < 1.29 is 8.83 Å². The molecular weight excluding hydrogens is 226 g/mol. The molecule has 0 bridgehead atoms. The second-order valence-electron chi connectivity index (χ2n) is 4.84. The summed E-state index contributed by atoms with van der Waals surface area (Å²) in [5.41, 5.74) is 3.62. The molecule has 0 aliphatic carbocycles. The number of rotatable bonds is 3. The second-order valence-corrected chi connectivity index (χ2v) is 4.84. The van der Waals surface area contributed by atoms with Gasteiger partial charge in [-0.05, 0) is 53.3 Å². The van der Waals surface area contributed by atoms with Crippen LogP contribution in [0.15, 0.2) is 14.9 Å². The van der Waals surface area contributed by atoms with Gasteiger partial charge in [0.05, 0.1) is 6.04 Å². The number of aryl methyl sites for hydroxylation is 4. The van der Waals surface area contributed by atoms with E-state index in [1.165, 1.54) is 16.7 Å². The van der Waals surface area contributed by atoms with E-state index in [0.29, 0.717) is 0 Å². The fourth-order valence-corrected chi connectivity index (χ4v) is 2.63. The lowest BCUT2D eigenvalue weighted by Crippen LogP contribution is -2.19.